The average molecular weight is 433 g/mol. The van der Waals surface area contributed by atoms with Crippen molar-refractivity contribution in [3.05, 3.63) is 64.6 Å². The molecule has 1 unspecified atom stereocenters. The van der Waals surface area contributed by atoms with E-state index in [0.717, 1.165) is 10.0 Å². The first-order valence-corrected chi connectivity index (χ1v) is 9.79. The lowest BCUT2D eigenvalue weighted by molar-refractivity contribution is 0.562. The van der Waals surface area contributed by atoms with Crippen molar-refractivity contribution in [2.24, 2.45) is 0 Å². The molecule has 0 aromatic heterocycles. The van der Waals surface area contributed by atoms with Crippen LogP contribution in [0.25, 0.3) is 0 Å². The largest absolute Gasteiger partial charge is 0.240 e. The van der Waals surface area contributed by atoms with E-state index < -0.39 is 10.0 Å². The van der Waals surface area contributed by atoms with Crippen LogP contribution in [0.5, 0.6) is 0 Å². The highest BCUT2D eigenvalue weighted by atomic mass is 79.9. The van der Waals surface area contributed by atoms with Crippen LogP contribution in [0.2, 0.25) is 0 Å². The van der Waals surface area contributed by atoms with Crippen molar-refractivity contribution in [2.45, 2.75) is 17.4 Å². The first-order valence-electron chi connectivity index (χ1n) is 6.39. The summed E-state index contributed by atoms with van der Waals surface area (Å²) in [6.07, 6.45) is 0.638. The molecule has 0 bridgehead atoms. The predicted molar refractivity (Wildman–Crippen MR) is 92.2 cm³/mol. The number of nitrogens with one attached hydrogen (secondary N) is 1. The van der Waals surface area contributed by atoms with Gasteiger partial charge in [-0.3, -0.25) is 0 Å². The molecule has 0 spiro atoms. The Kier molecular flexibility index (Phi) is 5.98. The fourth-order valence-corrected chi connectivity index (χ4v) is 4.39. The van der Waals surface area contributed by atoms with E-state index in [1.54, 1.807) is 24.3 Å². The molecule has 3 nitrogen and oxygen atoms in total. The first-order chi connectivity index (χ1) is 10.0. The molecule has 112 valence electrons. The van der Waals surface area contributed by atoms with Gasteiger partial charge in [0.05, 0.1) is 4.90 Å². The minimum Gasteiger partial charge on any atom is -0.207 e. The average Bonchev–Trinajstić information content (AvgIpc) is 2.47. The Balaban J connectivity index is 2.14. The van der Waals surface area contributed by atoms with E-state index in [4.69, 9.17) is 0 Å². The third kappa shape index (κ3) is 4.92. The van der Waals surface area contributed by atoms with Gasteiger partial charge in [0.15, 0.2) is 0 Å². The van der Waals surface area contributed by atoms with Gasteiger partial charge in [0.25, 0.3) is 0 Å². The second kappa shape index (κ2) is 7.54. The molecule has 2 aromatic carbocycles. The summed E-state index contributed by atoms with van der Waals surface area (Å²) in [5, 5.41) is 0.551. The van der Waals surface area contributed by atoms with Gasteiger partial charge in [0.2, 0.25) is 10.0 Å². The number of benzene rings is 2. The zero-order valence-corrected chi connectivity index (χ0v) is 15.2. The molecule has 2 aromatic rings. The molecule has 0 amide bonds. The van der Waals surface area contributed by atoms with Gasteiger partial charge in [0, 0.05) is 15.8 Å². The monoisotopic (exact) mass is 431 g/mol. The topological polar surface area (TPSA) is 46.2 Å². The predicted octanol–water partition coefficient (Wildman–Crippen LogP) is 3.73. The van der Waals surface area contributed by atoms with Crippen LogP contribution in [0.1, 0.15) is 5.56 Å². The number of sulfonamides is 1. The lowest BCUT2D eigenvalue weighted by Crippen LogP contribution is -2.37. The Morgan fingerprint density at radius 2 is 1.76 bits per heavy atom. The third-order valence-electron chi connectivity index (χ3n) is 2.94. The zero-order chi connectivity index (χ0) is 15.3. The third-order valence-corrected chi connectivity index (χ3v) is 5.73. The minimum absolute atomic E-state index is 0.198. The van der Waals surface area contributed by atoms with Gasteiger partial charge in [-0.2, -0.15) is 0 Å². The number of hydrogen-bond donors (Lipinski definition) is 1. The van der Waals surface area contributed by atoms with Crippen molar-refractivity contribution >= 4 is 41.9 Å². The fraction of sp³-hybridized carbons (Fsp3) is 0.200. The number of hydrogen-bond acceptors (Lipinski definition) is 2. The summed E-state index contributed by atoms with van der Waals surface area (Å²) in [5.74, 6) is 0. The lowest BCUT2D eigenvalue weighted by Gasteiger charge is -2.16. The highest BCUT2D eigenvalue weighted by Crippen LogP contribution is 2.17. The quantitative estimate of drug-likeness (QED) is 0.706. The maximum absolute atomic E-state index is 12.4. The standard InChI is InChI=1S/C15H15Br2NO2S/c16-11-14(9-12-5-2-1-3-6-12)18-21(19,20)15-8-4-7-13(17)10-15/h1-8,10,14,18H,9,11H2. The van der Waals surface area contributed by atoms with Crippen molar-refractivity contribution in [3.8, 4) is 0 Å². The van der Waals surface area contributed by atoms with E-state index >= 15 is 0 Å². The van der Waals surface area contributed by atoms with Gasteiger partial charge in [-0.25, -0.2) is 13.1 Å². The Morgan fingerprint density at radius 1 is 1.05 bits per heavy atom. The molecule has 21 heavy (non-hydrogen) atoms. The highest BCUT2D eigenvalue weighted by Gasteiger charge is 2.19. The van der Waals surface area contributed by atoms with Gasteiger partial charge >= 0.3 is 0 Å². The van der Waals surface area contributed by atoms with Crippen molar-refractivity contribution < 1.29 is 8.42 Å². The van der Waals surface area contributed by atoms with Crippen LogP contribution < -0.4 is 4.72 Å². The molecule has 1 N–H and O–H groups in total. The summed E-state index contributed by atoms with van der Waals surface area (Å²) < 4.78 is 28.3. The maximum atomic E-state index is 12.4. The molecular formula is C15H15Br2NO2S. The van der Waals surface area contributed by atoms with Crippen LogP contribution in [0.15, 0.2) is 64.0 Å². The van der Waals surface area contributed by atoms with Crippen LogP contribution in [0, 0.1) is 0 Å². The van der Waals surface area contributed by atoms with Gasteiger partial charge in [-0.05, 0) is 30.2 Å². The van der Waals surface area contributed by atoms with Gasteiger partial charge in [-0.15, -0.1) is 0 Å². The second-order valence-electron chi connectivity index (χ2n) is 4.62. The van der Waals surface area contributed by atoms with E-state index in [0.29, 0.717) is 11.8 Å². The maximum Gasteiger partial charge on any atom is 0.240 e. The summed E-state index contributed by atoms with van der Waals surface area (Å²) in [6, 6.07) is 16.3. The lowest BCUT2D eigenvalue weighted by atomic mass is 10.1. The smallest absolute Gasteiger partial charge is 0.207 e. The van der Waals surface area contributed by atoms with Crippen LogP contribution >= 0.6 is 31.9 Å². The Labute approximate surface area is 142 Å². The van der Waals surface area contributed by atoms with Crippen molar-refractivity contribution in [1.29, 1.82) is 0 Å². The van der Waals surface area contributed by atoms with E-state index in [9.17, 15) is 8.42 Å². The second-order valence-corrected chi connectivity index (χ2v) is 7.90. The Bertz CT molecular complexity index is 690. The van der Waals surface area contributed by atoms with E-state index in [1.165, 1.54) is 0 Å². The fourth-order valence-electron chi connectivity index (χ4n) is 1.95. The molecule has 0 radical (unpaired) electrons. The molecule has 0 saturated heterocycles. The van der Waals surface area contributed by atoms with Crippen molar-refractivity contribution in [3.63, 3.8) is 0 Å². The molecule has 0 aliphatic heterocycles. The summed E-state index contributed by atoms with van der Waals surface area (Å²) in [6.45, 7) is 0. The van der Waals surface area contributed by atoms with Gasteiger partial charge in [-0.1, -0.05) is 68.3 Å². The van der Waals surface area contributed by atoms with Crippen LogP contribution in [0.4, 0.5) is 0 Å². The Hall–Kier alpha value is -0.690. The molecule has 0 heterocycles. The zero-order valence-electron chi connectivity index (χ0n) is 11.2. The molecular weight excluding hydrogens is 418 g/mol. The van der Waals surface area contributed by atoms with E-state index in [-0.39, 0.29) is 10.9 Å². The molecule has 1 atom stereocenters. The van der Waals surface area contributed by atoms with Crippen LogP contribution in [-0.2, 0) is 16.4 Å². The number of halogens is 2. The van der Waals surface area contributed by atoms with Crippen molar-refractivity contribution in [2.75, 3.05) is 5.33 Å². The summed E-state index contributed by atoms with van der Waals surface area (Å²) in [4.78, 5) is 0.260. The molecule has 0 aliphatic rings. The molecule has 0 fully saturated rings. The SMILES string of the molecule is O=S(=O)(NC(CBr)Cc1ccccc1)c1cccc(Br)c1. The van der Waals surface area contributed by atoms with Crippen LogP contribution in [-0.4, -0.2) is 19.8 Å². The summed E-state index contributed by atoms with van der Waals surface area (Å²) in [7, 11) is -3.52. The van der Waals surface area contributed by atoms with Gasteiger partial charge in [0.1, 0.15) is 0 Å². The summed E-state index contributed by atoms with van der Waals surface area (Å²) >= 11 is 6.67. The molecule has 0 saturated carbocycles. The molecule has 2 rings (SSSR count). The minimum atomic E-state index is -3.52. The van der Waals surface area contributed by atoms with Crippen molar-refractivity contribution in [1.82, 2.24) is 4.72 Å². The van der Waals surface area contributed by atoms with Crippen LogP contribution in [0.3, 0.4) is 0 Å². The number of rotatable bonds is 6. The van der Waals surface area contributed by atoms with E-state index in [1.807, 2.05) is 30.3 Å². The Morgan fingerprint density at radius 3 is 2.38 bits per heavy atom. The molecule has 6 heteroatoms. The first kappa shape index (κ1) is 16.7. The highest BCUT2D eigenvalue weighted by molar-refractivity contribution is 9.10. The van der Waals surface area contributed by atoms with Gasteiger partial charge < -0.3 is 0 Å². The number of alkyl halides is 1. The normalized spacial score (nSPS) is 13.0. The summed E-state index contributed by atoms with van der Waals surface area (Å²) in [5.41, 5.74) is 1.10. The molecule has 0 aliphatic carbocycles. The van der Waals surface area contributed by atoms with E-state index in [2.05, 4.69) is 36.6 Å².